The molecule has 1 amide bonds. The van der Waals surface area contributed by atoms with Gasteiger partial charge in [-0.15, -0.1) is 11.3 Å². The third-order valence-corrected chi connectivity index (χ3v) is 9.21. The smallest absolute Gasteiger partial charge is 0.261 e. The molecule has 4 nitrogen and oxygen atoms in total. The molecule has 0 spiro atoms. The minimum Gasteiger partial charge on any atom is -0.381 e. The van der Waals surface area contributed by atoms with E-state index >= 15 is 0 Å². The van der Waals surface area contributed by atoms with Gasteiger partial charge in [0.2, 0.25) is 0 Å². The summed E-state index contributed by atoms with van der Waals surface area (Å²) in [5.41, 5.74) is 9.93. The van der Waals surface area contributed by atoms with Crippen molar-refractivity contribution >= 4 is 28.6 Å². The van der Waals surface area contributed by atoms with Crippen LogP contribution in [-0.2, 0) is 19.5 Å². The molecular weight excluding hydrogens is 522 g/mol. The van der Waals surface area contributed by atoms with E-state index in [2.05, 4.69) is 125 Å². The Balaban J connectivity index is 1.05. The van der Waals surface area contributed by atoms with Crippen LogP contribution in [0.15, 0.2) is 109 Å². The maximum atomic E-state index is 12.7. The summed E-state index contributed by atoms with van der Waals surface area (Å²) < 4.78 is 0. The monoisotopic (exact) mass is 555 g/mol. The first-order valence-electron chi connectivity index (χ1n) is 14.5. The molecule has 1 saturated carbocycles. The Kier molecular flexibility index (Phi) is 7.03. The van der Waals surface area contributed by atoms with E-state index in [4.69, 9.17) is 0 Å². The molecule has 0 saturated heterocycles. The molecule has 0 unspecified atom stereocenters. The lowest BCUT2D eigenvalue weighted by Gasteiger charge is -2.25. The van der Waals surface area contributed by atoms with E-state index < -0.39 is 0 Å². The summed E-state index contributed by atoms with van der Waals surface area (Å²) in [7, 11) is 0. The lowest BCUT2D eigenvalue weighted by Crippen LogP contribution is -2.25. The van der Waals surface area contributed by atoms with E-state index in [1.54, 1.807) is 11.3 Å². The number of nitrogens with one attached hydrogen (secondary N) is 2. The van der Waals surface area contributed by atoms with E-state index in [1.165, 1.54) is 43.9 Å². The van der Waals surface area contributed by atoms with Gasteiger partial charge >= 0.3 is 0 Å². The van der Waals surface area contributed by atoms with Gasteiger partial charge in [0.15, 0.2) is 0 Å². The van der Waals surface area contributed by atoms with Gasteiger partial charge in [-0.1, -0.05) is 84.9 Å². The summed E-state index contributed by atoms with van der Waals surface area (Å²) in [6, 6.07) is 39.1. The first-order chi connectivity index (χ1) is 20.2. The predicted octanol–water partition coefficient (Wildman–Crippen LogP) is 8.15. The number of carbonyl (C=O) groups is 1. The zero-order chi connectivity index (χ0) is 27.6. The van der Waals surface area contributed by atoms with Crippen LogP contribution in [0.5, 0.6) is 0 Å². The first kappa shape index (κ1) is 25.6. The van der Waals surface area contributed by atoms with Crippen LogP contribution in [0.25, 0.3) is 21.6 Å². The molecule has 2 heterocycles. The average Bonchev–Trinajstić information content (AvgIpc) is 3.76. The number of fused-ring (bicyclic) bond motifs is 3. The van der Waals surface area contributed by atoms with Crippen molar-refractivity contribution in [2.45, 2.75) is 38.4 Å². The number of amides is 1. The maximum Gasteiger partial charge on any atom is 0.261 e. The van der Waals surface area contributed by atoms with Crippen LogP contribution in [0.1, 0.15) is 39.2 Å². The Morgan fingerprint density at radius 2 is 1.56 bits per heavy atom. The first-order valence-corrected chi connectivity index (χ1v) is 15.3. The average molecular weight is 556 g/mol. The molecule has 2 aliphatic rings. The third-order valence-electron chi connectivity index (χ3n) is 8.00. The van der Waals surface area contributed by atoms with Crippen LogP contribution in [-0.4, -0.2) is 18.5 Å². The molecule has 41 heavy (non-hydrogen) atoms. The molecule has 5 aromatic rings. The number of hydrogen-bond donors (Lipinski definition) is 2. The van der Waals surface area contributed by atoms with Crippen LogP contribution in [0.2, 0.25) is 0 Å². The minimum absolute atomic E-state index is 0.0807. The van der Waals surface area contributed by atoms with Crippen LogP contribution < -0.4 is 15.5 Å². The minimum atomic E-state index is 0.0807. The molecule has 0 atom stereocenters. The van der Waals surface area contributed by atoms with Gasteiger partial charge in [-0.2, -0.15) is 0 Å². The second kappa shape index (κ2) is 11.3. The van der Waals surface area contributed by atoms with E-state index in [1.807, 2.05) is 0 Å². The Morgan fingerprint density at radius 1 is 0.829 bits per heavy atom. The largest absolute Gasteiger partial charge is 0.381 e. The van der Waals surface area contributed by atoms with Gasteiger partial charge in [0.1, 0.15) is 0 Å². The van der Waals surface area contributed by atoms with Gasteiger partial charge in [0, 0.05) is 47.5 Å². The number of thiophene rings is 1. The number of carbonyl (C=O) groups excluding carboxylic acids is 1. The predicted molar refractivity (Wildman–Crippen MR) is 171 cm³/mol. The van der Waals surface area contributed by atoms with Crippen LogP contribution in [0, 0.1) is 0 Å². The van der Waals surface area contributed by atoms with E-state index in [0.29, 0.717) is 6.04 Å². The molecule has 204 valence electrons. The lowest BCUT2D eigenvalue weighted by atomic mass is 10.00. The van der Waals surface area contributed by atoms with Crippen LogP contribution in [0.4, 0.5) is 11.4 Å². The van der Waals surface area contributed by atoms with Gasteiger partial charge in [0.05, 0.1) is 4.88 Å². The lowest BCUT2D eigenvalue weighted by molar-refractivity contribution is 0.0955. The van der Waals surface area contributed by atoms with E-state index in [9.17, 15) is 4.79 Å². The van der Waals surface area contributed by atoms with Gasteiger partial charge in [0.25, 0.3) is 5.91 Å². The van der Waals surface area contributed by atoms with Crippen LogP contribution in [0.3, 0.4) is 0 Å². The van der Waals surface area contributed by atoms with Crippen molar-refractivity contribution in [2.24, 2.45) is 0 Å². The number of para-hydroxylation sites is 1. The van der Waals surface area contributed by atoms with Crippen molar-refractivity contribution < 1.29 is 4.79 Å². The van der Waals surface area contributed by atoms with Gasteiger partial charge < -0.3 is 15.5 Å². The van der Waals surface area contributed by atoms with Crippen molar-refractivity contribution in [2.75, 3.05) is 16.8 Å². The quantitative estimate of drug-likeness (QED) is 0.203. The number of hydrogen-bond acceptors (Lipinski definition) is 4. The highest BCUT2D eigenvalue weighted by Crippen LogP contribution is 2.42. The Bertz CT molecular complexity index is 1670. The molecular formula is C36H33N3OS. The topological polar surface area (TPSA) is 44.4 Å². The summed E-state index contributed by atoms with van der Waals surface area (Å²) in [5.74, 6) is 0.0807. The van der Waals surface area contributed by atoms with Crippen molar-refractivity contribution in [3.8, 4) is 21.6 Å². The zero-order valence-electron chi connectivity index (χ0n) is 23.0. The second-order valence-electron chi connectivity index (χ2n) is 11.0. The number of benzene rings is 4. The fourth-order valence-electron chi connectivity index (χ4n) is 5.64. The van der Waals surface area contributed by atoms with E-state index in [-0.39, 0.29) is 5.91 Å². The van der Waals surface area contributed by atoms with Crippen molar-refractivity contribution in [1.82, 2.24) is 5.32 Å². The highest BCUT2D eigenvalue weighted by atomic mass is 32.1. The second-order valence-corrected chi connectivity index (χ2v) is 12.0. The molecule has 0 bridgehead atoms. The summed E-state index contributed by atoms with van der Waals surface area (Å²) >= 11 is 1.64. The Hall–Kier alpha value is -4.35. The van der Waals surface area contributed by atoms with E-state index in [0.717, 1.165) is 49.5 Å². The number of anilines is 2. The molecule has 1 fully saturated rings. The molecule has 0 radical (unpaired) electrons. The molecule has 2 N–H and O–H groups in total. The summed E-state index contributed by atoms with van der Waals surface area (Å²) in [6.07, 6.45) is 3.14. The van der Waals surface area contributed by atoms with Crippen molar-refractivity contribution in [3.05, 3.63) is 131 Å². The number of nitrogens with zero attached hydrogens (tertiary/aromatic N) is 1. The molecule has 7 rings (SSSR count). The van der Waals surface area contributed by atoms with Gasteiger partial charge in [-0.05, 0) is 71.3 Å². The molecule has 5 heteroatoms. The number of rotatable bonds is 8. The van der Waals surface area contributed by atoms with Gasteiger partial charge in [-0.25, -0.2) is 0 Å². The zero-order valence-corrected chi connectivity index (χ0v) is 23.8. The van der Waals surface area contributed by atoms with Gasteiger partial charge in [-0.3, -0.25) is 4.79 Å². The third kappa shape index (κ3) is 5.63. The highest BCUT2D eigenvalue weighted by Gasteiger charge is 2.27. The molecule has 1 aliphatic heterocycles. The highest BCUT2D eigenvalue weighted by molar-refractivity contribution is 7.17. The Labute approximate surface area is 245 Å². The normalized spacial score (nSPS) is 14.1. The summed E-state index contributed by atoms with van der Waals surface area (Å²) in [5, 5.41) is 6.77. The van der Waals surface area contributed by atoms with Crippen LogP contribution >= 0.6 is 11.3 Å². The molecule has 1 aliphatic carbocycles. The standard InChI is InChI=1S/C36H33N3OS/c40-36(38-30-18-19-30)34-22-27-20-21-39(33-13-7-6-12-32(33)35(27)41-34)24-25-14-16-29(17-15-25)37-23-28-10-4-5-11-31(28)26-8-2-1-3-9-26/h1-17,22,30,37H,18-21,23-24H2,(H,38,40). The molecule has 4 aromatic carbocycles. The fourth-order valence-corrected chi connectivity index (χ4v) is 6.79. The fraction of sp³-hybridized carbons (Fsp3) is 0.194. The summed E-state index contributed by atoms with van der Waals surface area (Å²) in [6.45, 7) is 2.53. The maximum absolute atomic E-state index is 12.7. The van der Waals surface area contributed by atoms with Crippen molar-refractivity contribution in [3.63, 3.8) is 0 Å². The van der Waals surface area contributed by atoms with Crippen molar-refractivity contribution in [1.29, 1.82) is 0 Å². The SMILES string of the molecule is O=C(NC1CC1)c1cc2c(s1)-c1ccccc1N(Cc1ccc(NCc3ccccc3-c3ccccc3)cc1)CC2. The summed E-state index contributed by atoms with van der Waals surface area (Å²) in [4.78, 5) is 17.3. The Morgan fingerprint density at radius 3 is 2.37 bits per heavy atom. The molecule has 1 aromatic heterocycles.